The summed E-state index contributed by atoms with van der Waals surface area (Å²) < 4.78 is 5.70. The van der Waals surface area contributed by atoms with Crippen molar-refractivity contribution in [1.82, 2.24) is 4.90 Å². The first kappa shape index (κ1) is 17.3. The van der Waals surface area contributed by atoms with Gasteiger partial charge >= 0.3 is 0 Å². The monoisotopic (exact) mass is 315 g/mol. The van der Waals surface area contributed by atoms with Crippen molar-refractivity contribution in [2.45, 2.75) is 52.5 Å². The van der Waals surface area contributed by atoms with Crippen molar-refractivity contribution in [3.8, 4) is 0 Å². The Kier molecular flexibility index (Phi) is 5.24. The third kappa shape index (κ3) is 3.46. The van der Waals surface area contributed by atoms with Crippen molar-refractivity contribution < 1.29 is 14.3 Å². The first-order valence-corrected chi connectivity index (χ1v) is 8.14. The fraction of sp³-hybridized carbons (Fsp3) is 0.474. The number of benzene rings is 1. The van der Waals surface area contributed by atoms with Crippen LogP contribution in [0.25, 0.3) is 5.57 Å². The van der Waals surface area contributed by atoms with Crippen LogP contribution in [0.3, 0.4) is 0 Å². The van der Waals surface area contributed by atoms with Gasteiger partial charge in [0.2, 0.25) is 0 Å². The molecule has 0 saturated carbocycles. The summed E-state index contributed by atoms with van der Waals surface area (Å²) in [5.41, 5.74) is 0.484. The van der Waals surface area contributed by atoms with Crippen molar-refractivity contribution in [3.05, 3.63) is 41.7 Å². The van der Waals surface area contributed by atoms with Gasteiger partial charge in [-0.3, -0.25) is 14.5 Å². The summed E-state index contributed by atoms with van der Waals surface area (Å²) in [6.07, 6.45) is 2.28. The van der Waals surface area contributed by atoms with Gasteiger partial charge in [-0.05, 0) is 32.8 Å². The number of ketones is 1. The van der Waals surface area contributed by atoms with Gasteiger partial charge < -0.3 is 4.74 Å². The normalized spacial score (nSPS) is 15.7. The number of Topliss-reactive ketones (excluding diaryl/α,β-unsaturated/α-hetero) is 1. The fourth-order valence-corrected chi connectivity index (χ4v) is 2.72. The third-order valence-electron chi connectivity index (χ3n) is 4.40. The molecule has 2 rings (SSSR count). The van der Waals surface area contributed by atoms with Crippen LogP contribution in [0, 0.1) is 0 Å². The first-order chi connectivity index (χ1) is 10.9. The summed E-state index contributed by atoms with van der Waals surface area (Å²) in [6, 6.07) is 9.45. The van der Waals surface area contributed by atoms with Crippen LogP contribution in [-0.4, -0.2) is 28.9 Å². The quantitative estimate of drug-likeness (QED) is 0.803. The molecular weight excluding hydrogens is 290 g/mol. The number of nitrogens with zero attached hydrogens (tertiary/aromatic N) is 1. The van der Waals surface area contributed by atoms with Crippen LogP contribution in [0.5, 0.6) is 0 Å². The van der Waals surface area contributed by atoms with E-state index in [1.54, 1.807) is 25.7 Å². The van der Waals surface area contributed by atoms with E-state index >= 15 is 0 Å². The van der Waals surface area contributed by atoms with E-state index in [-0.39, 0.29) is 18.4 Å². The van der Waals surface area contributed by atoms with Gasteiger partial charge in [-0.1, -0.05) is 43.7 Å². The molecule has 0 N–H and O–H groups in total. The minimum absolute atomic E-state index is 0.0725. The highest BCUT2D eigenvalue weighted by Gasteiger charge is 2.41. The molecule has 0 atom stereocenters. The average molecular weight is 315 g/mol. The molecule has 1 heterocycles. The predicted molar refractivity (Wildman–Crippen MR) is 90.4 cm³/mol. The number of allylic oxidation sites excluding steroid dienone is 1. The molecule has 0 saturated heterocycles. The van der Waals surface area contributed by atoms with Crippen LogP contribution in [0.1, 0.15) is 52.5 Å². The number of carbonyl (C=O) groups excluding carboxylic acids is 2. The second kappa shape index (κ2) is 6.99. The van der Waals surface area contributed by atoms with Gasteiger partial charge in [-0.15, -0.1) is 0 Å². The highest BCUT2D eigenvalue weighted by molar-refractivity contribution is 6.21. The Morgan fingerprint density at radius 1 is 1.26 bits per heavy atom. The van der Waals surface area contributed by atoms with Gasteiger partial charge in [0.25, 0.3) is 5.91 Å². The van der Waals surface area contributed by atoms with E-state index in [0.29, 0.717) is 17.8 Å². The molecule has 0 radical (unpaired) electrons. The Labute approximate surface area is 138 Å². The van der Waals surface area contributed by atoms with Crippen LogP contribution >= 0.6 is 0 Å². The lowest BCUT2D eigenvalue weighted by Crippen LogP contribution is -2.55. The van der Waals surface area contributed by atoms with Gasteiger partial charge in [0.15, 0.2) is 12.5 Å². The van der Waals surface area contributed by atoms with E-state index in [0.717, 1.165) is 18.4 Å². The Morgan fingerprint density at radius 3 is 2.52 bits per heavy atom. The highest BCUT2D eigenvalue weighted by Crippen LogP contribution is 2.31. The second-order valence-corrected chi connectivity index (χ2v) is 6.39. The second-order valence-electron chi connectivity index (χ2n) is 6.39. The molecule has 0 bridgehead atoms. The summed E-state index contributed by atoms with van der Waals surface area (Å²) in [5.74, 6) is 0.535. The van der Waals surface area contributed by atoms with Crippen molar-refractivity contribution in [2.24, 2.45) is 0 Å². The number of unbranched alkanes of at least 4 members (excludes halogenated alkanes) is 1. The molecule has 124 valence electrons. The zero-order chi connectivity index (χ0) is 17.0. The number of carbonyl (C=O) groups is 2. The molecule has 1 aliphatic heterocycles. The number of hydrogen-bond acceptors (Lipinski definition) is 3. The van der Waals surface area contributed by atoms with Gasteiger partial charge in [0.05, 0.1) is 11.1 Å². The van der Waals surface area contributed by atoms with E-state index < -0.39 is 5.54 Å². The van der Waals surface area contributed by atoms with Crippen molar-refractivity contribution in [3.63, 3.8) is 0 Å². The summed E-state index contributed by atoms with van der Waals surface area (Å²) in [5, 5.41) is 0. The molecule has 1 aromatic carbocycles. The lowest BCUT2D eigenvalue weighted by atomic mass is 9.91. The Bertz CT molecular complexity index is 617. The first-order valence-electron chi connectivity index (χ1n) is 8.14. The molecule has 0 fully saturated rings. The maximum absolute atomic E-state index is 13.0. The van der Waals surface area contributed by atoms with Crippen LogP contribution < -0.4 is 0 Å². The van der Waals surface area contributed by atoms with Crippen LogP contribution in [0.15, 0.2) is 36.1 Å². The van der Waals surface area contributed by atoms with Crippen molar-refractivity contribution >= 4 is 17.3 Å². The lowest BCUT2D eigenvalue weighted by molar-refractivity contribution is -0.148. The molecule has 1 aromatic rings. The van der Waals surface area contributed by atoms with E-state index in [1.807, 2.05) is 30.3 Å². The number of hydrogen-bond donors (Lipinski definition) is 0. The number of rotatable bonds is 6. The maximum atomic E-state index is 13.0. The van der Waals surface area contributed by atoms with E-state index in [9.17, 15) is 9.59 Å². The fourth-order valence-electron chi connectivity index (χ4n) is 2.72. The largest absolute Gasteiger partial charge is 0.477 e. The number of ether oxygens (including phenoxy) is 1. The van der Waals surface area contributed by atoms with E-state index in [4.69, 9.17) is 4.74 Å². The Morgan fingerprint density at radius 2 is 1.91 bits per heavy atom. The summed E-state index contributed by atoms with van der Waals surface area (Å²) >= 11 is 0. The number of amides is 1. The van der Waals surface area contributed by atoms with Crippen molar-refractivity contribution in [1.29, 1.82) is 0 Å². The van der Waals surface area contributed by atoms with Crippen LogP contribution in [0.2, 0.25) is 0 Å². The molecule has 0 aliphatic carbocycles. The van der Waals surface area contributed by atoms with Gasteiger partial charge in [0, 0.05) is 6.42 Å². The smallest absolute Gasteiger partial charge is 0.261 e. The minimum atomic E-state index is -0.868. The summed E-state index contributed by atoms with van der Waals surface area (Å²) in [4.78, 5) is 27.1. The van der Waals surface area contributed by atoms with Gasteiger partial charge in [-0.2, -0.15) is 0 Å². The van der Waals surface area contributed by atoms with E-state index in [1.165, 1.54) is 0 Å². The zero-order valence-electron chi connectivity index (χ0n) is 14.4. The van der Waals surface area contributed by atoms with E-state index in [2.05, 4.69) is 6.92 Å². The molecule has 23 heavy (non-hydrogen) atoms. The molecule has 0 spiro atoms. The molecule has 4 nitrogen and oxygen atoms in total. The highest BCUT2D eigenvalue weighted by atomic mass is 16.5. The third-order valence-corrected chi connectivity index (χ3v) is 4.40. The summed E-state index contributed by atoms with van der Waals surface area (Å²) in [6.45, 7) is 7.56. The van der Waals surface area contributed by atoms with Gasteiger partial charge in [-0.25, -0.2) is 0 Å². The van der Waals surface area contributed by atoms with Crippen molar-refractivity contribution in [2.75, 3.05) is 6.73 Å². The lowest BCUT2D eigenvalue weighted by Gasteiger charge is -2.40. The molecule has 4 heteroatoms. The topological polar surface area (TPSA) is 46.6 Å². The predicted octanol–water partition coefficient (Wildman–Crippen LogP) is 3.77. The molecular formula is C19H25NO3. The molecule has 1 aliphatic rings. The SMILES string of the molecule is CCCCC(=O)C(C)(C)N1COC(C)=C(c2ccccc2)C1=O. The minimum Gasteiger partial charge on any atom is -0.477 e. The average Bonchev–Trinajstić information content (AvgIpc) is 2.53. The summed E-state index contributed by atoms with van der Waals surface area (Å²) in [7, 11) is 0. The molecule has 0 unspecified atom stereocenters. The maximum Gasteiger partial charge on any atom is 0.261 e. The molecule has 0 aromatic heterocycles. The zero-order valence-corrected chi connectivity index (χ0v) is 14.4. The Balaban J connectivity index is 2.30. The van der Waals surface area contributed by atoms with Crippen LogP contribution in [0.4, 0.5) is 0 Å². The molecule has 1 amide bonds. The van der Waals surface area contributed by atoms with Crippen LogP contribution in [-0.2, 0) is 14.3 Å². The van der Waals surface area contributed by atoms with Gasteiger partial charge in [0.1, 0.15) is 5.76 Å². The standard InChI is InChI=1S/C19H25NO3/c1-5-6-12-16(21)19(3,4)20-13-23-14(2)17(18(20)22)15-10-8-7-9-11-15/h7-11H,5-6,12-13H2,1-4H3. The Hall–Kier alpha value is -2.10.